The van der Waals surface area contributed by atoms with Crippen LogP contribution in [0.5, 0.6) is 0 Å². The van der Waals surface area contributed by atoms with Gasteiger partial charge in [0, 0.05) is 5.41 Å². The first-order chi connectivity index (χ1) is 24.0. The zero-order chi connectivity index (χ0) is 32.4. The third kappa shape index (κ3) is 3.64. The van der Waals surface area contributed by atoms with E-state index in [2.05, 4.69) is 172 Å². The van der Waals surface area contributed by atoms with Crippen LogP contribution < -0.4 is 0 Å². The molecule has 0 N–H and O–H groups in total. The molecule has 49 heavy (non-hydrogen) atoms. The number of rotatable bonds is 2. The van der Waals surface area contributed by atoms with Gasteiger partial charge in [0.25, 0.3) is 0 Å². The topological polar surface area (TPSA) is 0 Å². The number of fused-ring (bicyclic) bond motifs is 9. The molecule has 0 saturated carbocycles. The van der Waals surface area contributed by atoms with E-state index < -0.39 is 0 Å². The van der Waals surface area contributed by atoms with Crippen molar-refractivity contribution in [3.63, 3.8) is 0 Å². The highest BCUT2D eigenvalue weighted by Gasteiger charge is 2.38. The Morgan fingerprint density at radius 3 is 1.69 bits per heavy atom. The monoisotopic (exact) mass is 620 g/mol. The standard InChI is InChI=1S/C49H32/c1-49(2)44-28-34(22-25-43(44)47-40-12-5-3-10-38(40)39-11-4-6-13-42(39)48(47)49)33-18-14-29-15-19-35(27-36(29)26-33)37-23-20-32-17-16-30-8-7-9-31-21-24-41(37)46(32)45(30)31/h3-28H,1-2H3. The molecule has 0 heterocycles. The van der Waals surface area contributed by atoms with Crippen LogP contribution in [0.1, 0.15) is 25.0 Å². The normalized spacial score (nSPS) is 13.7. The lowest BCUT2D eigenvalue weighted by molar-refractivity contribution is 0.667. The Morgan fingerprint density at radius 2 is 0.898 bits per heavy atom. The fourth-order valence-corrected chi connectivity index (χ4v) is 9.24. The van der Waals surface area contributed by atoms with Gasteiger partial charge in [-0.25, -0.2) is 0 Å². The van der Waals surface area contributed by atoms with Crippen LogP contribution in [0.2, 0.25) is 0 Å². The minimum absolute atomic E-state index is 0.122. The van der Waals surface area contributed by atoms with Crippen molar-refractivity contribution in [2.45, 2.75) is 19.3 Å². The summed E-state index contributed by atoms with van der Waals surface area (Å²) >= 11 is 0. The lowest BCUT2D eigenvalue weighted by Gasteiger charge is -2.24. The summed E-state index contributed by atoms with van der Waals surface area (Å²) in [7, 11) is 0. The van der Waals surface area contributed by atoms with E-state index in [-0.39, 0.29) is 5.41 Å². The molecule has 0 heteroatoms. The van der Waals surface area contributed by atoms with Crippen LogP contribution in [0.15, 0.2) is 158 Å². The van der Waals surface area contributed by atoms with Crippen LogP contribution in [0.4, 0.5) is 0 Å². The summed E-state index contributed by atoms with van der Waals surface area (Å²) in [5.41, 5.74) is 10.6. The maximum Gasteiger partial charge on any atom is 0.0165 e. The van der Waals surface area contributed by atoms with Gasteiger partial charge in [-0.1, -0.05) is 153 Å². The molecule has 0 amide bonds. The van der Waals surface area contributed by atoms with E-state index in [0.717, 1.165) is 0 Å². The molecule has 10 aromatic rings. The summed E-state index contributed by atoms with van der Waals surface area (Å²) < 4.78 is 0. The van der Waals surface area contributed by atoms with E-state index in [1.165, 1.54) is 109 Å². The van der Waals surface area contributed by atoms with E-state index in [4.69, 9.17) is 0 Å². The average Bonchev–Trinajstić information content (AvgIpc) is 3.39. The van der Waals surface area contributed by atoms with Crippen molar-refractivity contribution >= 4 is 64.6 Å². The van der Waals surface area contributed by atoms with Crippen molar-refractivity contribution in [1.82, 2.24) is 0 Å². The van der Waals surface area contributed by atoms with Crippen LogP contribution in [0.25, 0.3) is 98.0 Å². The summed E-state index contributed by atoms with van der Waals surface area (Å²) in [5, 5.41) is 15.9. The Balaban J connectivity index is 1.07. The van der Waals surface area contributed by atoms with Crippen molar-refractivity contribution < 1.29 is 0 Å². The smallest absolute Gasteiger partial charge is 0.0165 e. The van der Waals surface area contributed by atoms with Crippen LogP contribution in [0.3, 0.4) is 0 Å². The fourth-order valence-electron chi connectivity index (χ4n) is 9.24. The van der Waals surface area contributed by atoms with Gasteiger partial charge < -0.3 is 0 Å². The third-order valence-corrected chi connectivity index (χ3v) is 11.5. The quantitative estimate of drug-likeness (QED) is 0.169. The van der Waals surface area contributed by atoms with Gasteiger partial charge in [0.05, 0.1) is 0 Å². The minimum Gasteiger partial charge on any atom is -0.0616 e. The highest BCUT2D eigenvalue weighted by atomic mass is 14.4. The van der Waals surface area contributed by atoms with E-state index in [9.17, 15) is 0 Å². The Kier molecular flexibility index (Phi) is 5.27. The molecule has 0 atom stereocenters. The first-order valence-corrected chi connectivity index (χ1v) is 17.3. The predicted octanol–water partition coefficient (Wildman–Crippen LogP) is 13.7. The van der Waals surface area contributed by atoms with E-state index >= 15 is 0 Å². The first kappa shape index (κ1) is 27.0. The van der Waals surface area contributed by atoms with Gasteiger partial charge in [0.15, 0.2) is 0 Å². The molecule has 0 aliphatic heterocycles. The molecule has 228 valence electrons. The van der Waals surface area contributed by atoms with Crippen molar-refractivity contribution in [1.29, 1.82) is 0 Å². The van der Waals surface area contributed by atoms with Crippen molar-refractivity contribution in [3.8, 4) is 33.4 Å². The van der Waals surface area contributed by atoms with E-state index in [1.54, 1.807) is 0 Å². The predicted molar refractivity (Wildman–Crippen MR) is 211 cm³/mol. The number of benzene rings is 10. The SMILES string of the molecule is CC1(C)c2cc(-c3ccc4ccc(-c5ccc6ccc7cccc8ccc5c6c78)cc4c3)ccc2-c2c1c1ccccc1c1ccccc21. The average molecular weight is 621 g/mol. The van der Waals surface area contributed by atoms with E-state index in [0.29, 0.717) is 0 Å². The fraction of sp³-hybridized carbons (Fsp3) is 0.0612. The van der Waals surface area contributed by atoms with Gasteiger partial charge in [-0.05, 0) is 127 Å². The highest BCUT2D eigenvalue weighted by Crippen LogP contribution is 2.55. The Labute approximate surface area is 285 Å². The lowest BCUT2D eigenvalue weighted by atomic mass is 9.78. The molecule has 1 aliphatic rings. The molecule has 0 radical (unpaired) electrons. The van der Waals surface area contributed by atoms with E-state index in [1.807, 2.05) is 0 Å². The Morgan fingerprint density at radius 1 is 0.347 bits per heavy atom. The molecule has 0 spiro atoms. The second-order valence-electron chi connectivity index (χ2n) is 14.5. The first-order valence-electron chi connectivity index (χ1n) is 17.3. The summed E-state index contributed by atoms with van der Waals surface area (Å²) in [6.07, 6.45) is 0. The Bertz CT molecular complexity index is 2990. The minimum atomic E-state index is -0.122. The van der Waals surface area contributed by atoms with Gasteiger partial charge in [0.1, 0.15) is 0 Å². The second kappa shape index (κ2) is 9.56. The largest absolute Gasteiger partial charge is 0.0616 e. The maximum absolute atomic E-state index is 2.46. The molecule has 0 unspecified atom stereocenters. The zero-order valence-corrected chi connectivity index (χ0v) is 27.5. The lowest BCUT2D eigenvalue weighted by Crippen LogP contribution is -2.15. The van der Waals surface area contributed by atoms with Crippen LogP contribution in [-0.2, 0) is 5.41 Å². The van der Waals surface area contributed by atoms with Gasteiger partial charge in [-0.2, -0.15) is 0 Å². The summed E-state index contributed by atoms with van der Waals surface area (Å²) in [6, 6.07) is 59.3. The van der Waals surface area contributed by atoms with Crippen molar-refractivity contribution in [3.05, 3.63) is 169 Å². The highest BCUT2D eigenvalue weighted by molar-refractivity contribution is 6.25. The van der Waals surface area contributed by atoms with Crippen LogP contribution in [-0.4, -0.2) is 0 Å². The summed E-state index contributed by atoms with van der Waals surface area (Å²) in [5.74, 6) is 0. The molecule has 0 nitrogen and oxygen atoms in total. The van der Waals surface area contributed by atoms with Gasteiger partial charge in [-0.3, -0.25) is 0 Å². The molecule has 1 aliphatic carbocycles. The molecular weight excluding hydrogens is 589 g/mol. The molecule has 0 bridgehead atoms. The molecule has 10 aromatic carbocycles. The molecular formula is C49H32. The van der Waals surface area contributed by atoms with Crippen molar-refractivity contribution in [2.24, 2.45) is 0 Å². The van der Waals surface area contributed by atoms with Crippen molar-refractivity contribution in [2.75, 3.05) is 0 Å². The Hall–Kier alpha value is -5.98. The van der Waals surface area contributed by atoms with Gasteiger partial charge in [-0.15, -0.1) is 0 Å². The maximum atomic E-state index is 2.46. The number of hydrogen-bond acceptors (Lipinski definition) is 0. The zero-order valence-electron chi connectivity index (χ0n) is 27.5. The molecule has 0 fully saturated rings. The summed E-state index contributed by atoms with van der Waals surface area (Å²) in [4.78, 5) is 0. The third-order valence-electron chi connectivity index (χ3n) is 11.5. The summed E-state index contributed by atoms with van der Waals surface area (Å²) in [6.45, 7) is 4.82. The second-order valence-corrected chi connectivity index (χ2v) is 14.5. The molecule has 11 rings (SSSR count). The van der Waals surface area contributed by atoms with Gasteiger partial charge >= 0.3 is 0 Å². The van der Waals surface area contributed by atoms with Crippen LogP contribution in [0, 0.1) is 0 Å². The number of hydrogen-bond donors (Lipinski definition) is 0. The molecule has 0 aromatic heterocycles. The van der Waals surface area contributed by atoms with Crippen LogP contribution >= 0.6 is 0 Å². The van der Waals surface area contributed by atoms with Gasteiger partial charge in [0.2, 0.25) is 0 Å². The molecule has 0 saturated heterocycles.